The Morgan fingerprint density at radius 1 is 1.32 bits per heavy atom. The molecular weight excluding hydrogens is 390 g/mol. The Hall–Kier alpha value is -2.19. The fraction of sp³-hybridized carbons (Fsp3) is 0.400. The van der Waals surface area contributed by atoms with E-state index in [9.17, 15) is 4.79 Å². The zero-order valence-electron chi connectivity index (χ0n) is 16.0. The van der Waals surface area contributed by atoms with Gasteiger partial charge in [-0.3, -0.25) is 4.79 Å². The number of carbonyl (C=O) groups excluding carboxylic acids is 1. The molecule has 0 saturated carbocycles. The molecule has 1 fully saturated rings. The lowest BCUT2D eigenvalue weighted by Crippen LogP contribution is -2.34. The molecule has 1 aromatic carbocycles. The molecule has 28 heavy (non-hydrogen) atoms. The Kier molecular flexibility index (Phi) is 5.77. The number of carbonyl (C=O) groups is 1. The molecular formula is C20H23N5OS2. The zero-order chi connectivity index (χ0) is 19.5. The molecule has 0 spiro atoms. The van der Waals surface area contributed by atoms with Gasteiger partial charge in [-0.1, -0.05) is 47.7 Å². The van der Waals surface area contributed by atoms with Gasteiger partial charge >= 0.3 is 0 Å². The molecule has 8 heteroatoms. The zero-order valence-corrected chi connectivity index (χ0v) is 17.6. The monoisotopic (exact) mass is 413 g/mol. The summed E-state index contributed by atoms with van der Waals surface area (Å²) in [6.07, 6.45) is 4.01. The quantitative estimate of drug-likeness (QED) is 0.495. The van der Waals surface area contributed by atoms with E-state index >= 15 is 0 Å². The number of piperidine rings is 1. The summed E-state index contributed by atoms with van der Waals surface area (Å²) in [6.45, 7) is 6.39. The summed E-state index contributed by atoms with van der Waals surface area (Å²) in [4.78, 5) is 28.1. The minimum Gasteiger partial charge on any atom is -0.348 e. The fourth-order valence-corrected chi connectivity index (χ4v) is 5.22. The second kappa shape index (κ2) is 8.45. The van der Waals surface area contributed by atoms with Crippen LogP contribution in [0, 0.1) is 12.8 Å². The van der Waals surface area contributed by atoms with Gasteiger partial charge in [0, 0.05) is 18.8 Å². The van der Waals surface area contributed by atoms with Crippen molar-refractivity contribution in [3.8, 4) is 0 Å². The van der Waals surface area contributed by atoms with E-state index in [4.69, 9.17) is 4.98 Å². The van der Waals surface area contributed by atoms with Crippen LogP contribution < -0.4 is 10.2 Å². The van der Waals surface area contributed by atoms with Gasteiger partial charge in [0.05, 0.1) is 5.75 Å². The molecule has 146 valence electrons. The number of hydrogen-bond acceptors (Lipinski definition) is 7. The summed E-state index contributed by atoms with van der Waals surface area (Å²) < 4.78 is 0.962. The van der Waals surface area contributed by atoms with Crippen LogP contribution in [0.15, 0.2) is 35.6 Å². The number of hydrogen-bond donors (Lipinski definition) is 1. The van der Waals surface area contributed by atoms with Crippen LogP contribution in [-0.2, 0) is 4.79 Å². The van der Waals surface area contributed by atoms with E-state index in [0.29, 0.717) is 11.7 Å². The number of aryl methyl sites for hydroxylation is 1. The van der Waals surface area contributed by atoms with Crippen molar-refractivity contribution < 1.29 is 4.79 Å². The molecule has 1 saturated heterocycles. The van der Waals surface area contributed by atoms with Crippen LogP contribution in [0.5, 0.6) is 0 Å². The number of rotatable bonds is 5. The molecule has 1 amide bonds. The lowest BCUT2D eigenvalue weighted by molar-refractivity contribution is -0.113. The first-order valence-corrected chi connectivity index (χ1v) is 11.2. The molecule has 1 aliphatic heterocycles. The number of amides is 1. The number of nitrogens with zero attached hydrogens (tertiary/aromatic N) is 4. The molecule has 0 radical (unpaired) electrons. The number of nitrogens with one attached hydrogen (secondary N) is 1. The Morgan fingerprint density at radius 2 is 2.14 bits per heavy atom. The third kappa shape index (κ3) is 4.44. The topological polar surface area (TPSA) is 71.0 Å². The highest BCUT2D eigenvalue weighted by Gasteiger charge is 2.21. The van der Waals surface area contributed by atoms with Gasteiger partial charge in [-0.2, -0.15) is 4.98 Å². The summed E-state index contributed by atoms with van der Waals surface area (Å²) in [5, 5.41) is 4.75. The standard InChI is InChI=1S/C20H23N5OS2/c1-13-5-7-15(8-6-13)23-16(26)11-27-19-17-18(21-12-22-19)24-20(28-17)25-9-3-4-14(2)10-25/h5-8,12,14H,3-4,9-11H2,1-2H3,(H,23,26). The second-order valence-corrected chi connectivity index (χ2v) is 9.17. The summed E-state index contributed by atoms with van der Waals surface area (Å²) in [6, 6.07) is 7.79. The Morgan fingerprint density at radius 3 is 2.93 bits per heavy atom. The summed E-state index contributed by atoms with van der Waals surface area (Å²) in [5.41, 5.74) is 2.69. The first kappa shape index (κ1) is 19.1. The van der Waals surface area contributed by atoms with Crippen LogP contribution in [0.3, 0.4) is 0 Å². The normalized spacial score (nSPS) is 17.1. The number of thiazole rings is 1. The highest BCUT2D eigenvalue weighted by atomic mass is 32.2. The average molecular weight is 414 g/mol. The molecule has 3 aromatic rings. The van der Waals surface area contributed by atoms with Crippen molar-refractivity contribution in [2.45, 2.75) is 31.7 Å². The molecule has 1 aliphatic rings. The van der Waals surface area contributed by atoms with Gasteiger partial charge in [0.25, 0.3) is 0 Å². The van der Waals surface area contributed by atoms with Crippen LogP contribution in [0.25, 0.3) is 10.3 Å². The molecule has 1 atom stereocenters. The van der Waals surface area contributed by atoms with Crippen LogP contribution in [0.2, 0.25) is 0 Å². The van der Waals surface area contributed by atoms with Crippen molar-refractivity contribution in [3.63, 3.8) is 0 Å². The number of thioether (sulfide) groups is 1. The van der Waals surface area contributed by atoms with E-state index in [2.05, 4.69) is 27.1 Å². The van der Waals surface area contributed by atoms with Crippen LogP contribution >= 0.6 is 23.1 Å². The van der Waals surface area contributed by atoms with Gasteiger partial charge in [-0.05, 0) is 37.8 Å². The van der Waals surface area contributed by atoms with Crippen molar-refractivity contribution in [1.29, 1.82) is 0 Å². The summed E-state index contributed by atoms with van der Waals surface area (Å²) >= 11 is 3.06. The Bertz CT molecular complexity index is 972. The van der Waals surface area contributed by atoms with Gasteiger partial charge in [0.1, 0.15) is 16.1 Å². The Balaban J connectivity index is 1.44. The molecule has 6 nitrogen and oxygen atoms in total. The maximum Gasteiger partial charge on any atom is 0.234 e. The van der Waals surface area contributed by atoms with Crippen molar-refractivity contribution in [2.75, 3.05) is 29.1 Å². The minimum absolute atomic E-state index is 0.0461. The van der Waals surface area contributed by atoms with Crippen LogP contribution in [-0.4, -0.2) is 39.7 Å². The van der Waals surface area contributed by atoms with E-state index in [1.807, 2.05) is 31.2 Å². The minimum atomic E-state index is -0.0461. The van der Waals surface area contributed by atoms with E-state index in [-0.39, 0.29) is 5.91 Å². The van der Waals surface area contributed by atoms with Crippen molar-refractivity contribution in [3.05, 3.63) is 36.2 Å². The van der Waals surface area contributed by atoms with E-state index in [1.165, 1.54) is 36.5 Å². The lowest BCUT2D eigenvalue weighted by atomic mass is 10.0. The molecule has 0 bridgehead atoms. The van der Waals surface area contributed by atoms with Gasteiger partial charge in [-0.25, -0.2) is 9.97 Å². The van der Waals surface area contributed by atoms with E-state index < -0.39 is 0 Å². The highest BCUT2D eigenvalue weighted by Crippen LogP contribution is 2.35. The number of anilines is 2. The van der Waals surface area contributed by atoms with E-state index in [0.717, 1.165) is 39.3 Å². The Labute approximate surface area is 172 Å². The molecule has 3 heterocycles. The maximum absolute atomic E-state index is 12.3. The third-order valence-corrected chi connectivity index (χ3v) is 6.98. The van der Waals surface area contributed by atoms with E-state index in [1.54, 1.807) is 11.3 Å². The number of benzene rings is 1. The highest BCUT2D eigenvalue weighted by molar-refractivity contribution is 8.00. The predicted octanol–water partition coefficient (Wildman–Crippen LogP) is 4.36. The average Bonchev–Trinajstić information content (AvgIpc) is 3.13. The summed E-state index contributed by atoms with van der Waals surface area (Å²) in [7, 11) is 0. The smallest absolute Gasteiger partial charge is 0.234 e. The molecule has 2 aromatic heterocycles. The number of fused-ring (bicyclic) bond motifs is 1. The predicted molar refractivity (Wildman–Crippen MR) is 116 cm³/mol. The SMILES string of the molecule is Cc1ccc(NC(=O)CSc2ncnc3nc(N4CCCC(C)C4)sc23)cc1. The molecule has 1 unspecified atom stereocenters. The van der Waals surface area contributed by atoms with Crippen molar-refractivity contribution >= 4 is 50.2 Å². The first-order valence-electron chi connectivity index (χ1n) is 9.44. The molecule has 1 N–H and O–H groups in total. The molecule has 0 aliphatic carbocycles. The molecule has 4 rings (SSSR count). The third-order valence-electron chi connectivity index (χ3n) is 4.75. The van der Waals surface area contributed by atoms with Crippen LogP contribution in [0.1, 0.15) is 25.3 Å². The van der Waals surface area contributed by atoms with Gasteiger partial charge in [-0.15, -0.1) is 0 Å². The largest absolute Gasteiger partial charge is 0.348 e. The first-order chi connectivity index (χ1) is 13.6. The van der Waals surface area contributed by atoms with Crippen LogP contribution in [0.4, 0.5) is 10.8 Å². The fourth-order valence-electron chi connectivity index (χ4n) is 3.29. The van der Waals surface area contributed by atoms with Crippen molar-refractivity contribution in [1.82, 2.24) is 15.0 Å². The number of aromatic nitrogens is 3. The lowest BCUT2D eigenvalue weighted by Gasteiger charge is -2.30. The maximum atomic E-state index is 12.3. The second-order valence-electron chi connectivity index (χ2n) is 7.22. The van der Waals surface area contributed by atoms with Gasteiger partial charge in [0.2, 0.25) is 5.91 Å². The summed E-state index contributed by atoms with van der Waals surface area (Å²) in [5.74, 6) is 0.940. The van der Waals surface area contributed by atoms with Gasteiger partial charge < -0.3 is 10.2 Å². The van der Waals surface area contributed by atoms with Gasteiger partial charge in [0.15, 0.2) is 10.8 Å². The van der Waals surface area contributed by atoms with Crippen molar-refractivity contribution in [2.24, 2.45) is 5.92 Å².